The SMILES string of the molecule is O=C(C=Cc1ccc(Cl)cc1)c1ccc(OC(=O)c2ccc([N+](=O)[O-])cc2)cc1. The van der Waals surface area contributed by atoms with Gasteiger partial charge in [-0.2, -0.15) is 0 Å². The molecule has 0 saturated heterocycles. The second-order valence-corrected chi connectivity index (χ2v) is 6.40. The van der Waals surface area contributed by atoms with Gasteiger partial charge in [0.05, 0.1) is 10.5 Å². The van der Waals surface area contributed by atoms with Crippen LogP contribution < -0.4 is 4.74 Å². The van der Waals surface area contributed by atoms with Crippen LogP contribution in [0, 0.1) is 10.1 Å². The number of esters is 1. The van der Waals surface area contributed by atoms with Crippen LogP contribution in [-0.4, -0.2) is 16.7 Å². The van der Waals surface area contributed by atoms with E-state index < -0.39 is 10.9 Å². The molecule has 0 aliphatic carbocycles. The molecule has 0 radical (unpaired) electrons. The molecule has 29 heavy (non-hydrogen) atoms. The second-order valence-electron chi connectivity index (χ2n) is 5.97. The molecule has 0 spiro atoms. The van der Waals surface area contributed by atoms with Crippen molar-refractivity contribution in [1.82, 2.24) is 0 Å². The molecule has 3 aromatic rings. The zero-order valence-corrected chi connectivity index (χ0v) is 15.7. The number of carbonyl (C=O) groups is 2. The van der Waals surface area contributed by atoms with Crippen molar-refractivity contribution in [3.63, 3.8) is 0 Å². The predicted molar refractivity (Wildman–Crippen MR) is 109 cm³/mol. The Balaban J connectivity index is 1.63. The largest absolute Gasteiger partial charge is 0.423 e. The zero-order valence-electron chi connectivity index (χ0n) is 14.9. The summed E-state index contributed by atoms with van der Waals surface area (Å²) in [4.78, 5) is 34.5. The number of hydrogen-bond acceptors (Lipinski definition) is 5. The van der Waals surface area contributed by atoms with E-state index in [1.807, 2.05) is 0 Å². The molecule has 0 N–H and O–H groups in total. The van der Waals surface area contributed by atoms with Crippen LogP contribution in [0.1, 0.15) is 26.3 Å². The molecular formula is C22H14ClNO5. The number of rotatable bonds is 6. The first-order chi connectivity index (χ1) is 13.9. The van der Waals surface area contributed by atoms with Gasteiger partial charge in [-0.1, -0.05) is 29.8 Å². The van der Waals surface area contributed by atoms with Crippen molar-refractivity contribution in [3.05, 3.63) is 111 Å². The predicted octanol–water partition coefficient (Wildman–Crippen LogP) is 5.36. The van der Waals surface area contributed by atoms with Crippen LogP contribution in [-0.2, 0) is 0 Å². The van der Waals surface area contributed by atoms with Gasteiger partial charge in [0.25, 0.3) is 5.69 Å². The molecule has 0 aliphatic rings. The molecule has 0 heterocycles. The van der Waals surface area contributed by atoms with Gasteiger partial charge in [-0.3, -0.25) is 14.9 Å². The Kier molecular flexibility index (Phi) is 6.16. The lowest BCUT2D eigenvalue weighted by molar-refractivity contribution is -0.384. The van der Waals surface area contributed by atoms with Crippen molar-refractivity contribution in [3.8, 4) is 5.75 Å². The van der Waals surface area contributed by atoms with Crippen molar-refractivity contribution >= 4 is 35.1 Å². The maximum Gasteiger partial charge on any atom is 0.343 e. The zero-order chi connectivity index (χ0) is 20.8. The fraction of sp³-hybridized carbons (Fsp3) is 0. The first-order valence-corrected chi connectivity index (χ1v) is 8.85. The number of non-ortho nitro benzene ring substituents is 1. The molecule has 0 aliphatic heterocycles. The smallest absolute Gasteiger partial charge is 0.343 e. The minimum atomic E-state index is -0.651. The number of ketones is 1. The molecule has 7 heteroatoms. The van der Waals surface area contributed by atoms with E-state index in [0.717, 1.165) is 5.56 Å². The Bertz CT molecular complexity index is 1070. The van der Waals surface area contributed by atoms with Gasteiger partial charge in [-0.15, -0.1) is 0 Å². The van der Waals surface area contributed by atoms with E-state index in [2.05, 4.69) is 0 Å². The topological polar surface area (TPSA) is 86.5 Å². The number of halogens is 1. The van der Waals surface area contributed by atoms with E-state index >= 15 is 0 Å². The van der Waals surface area contributed by atoms with E-state index in [1.54, 1.807) is 42.5 Å². The first-order valence-electron chi connectivity index (χ1n) is 8.47. The minimum absolute atomic E-state index is 0.115. The number of nitro benzene ring substituents is 1. The summed E-state index contributed by atoms with van der Waals surface area (Å²) < 4.78 is 5.23. The third-order valence-electron chi connectivity index (χ3n) is 3.96. The Morgan fingerprint density at radius 2 is 1.45 bits per heavy atom. The quantitative estimate of drug-likeness (QED) is 0.137. The Hall–Kier alpha value is -3.77. The Labute approximate surface area is 171 Å². The minimum Gasteiger partial charge on any atom is -0.423 e. The molecule has 0 aromatic heterocycles. The highest BCUT2D eigenvalue weighted by Gasteiger charge is 2.12. The summed E-state index contributed by atoms with van der Waals surface area (Å²) in [5.74, 6) is -0.596. The highest BCUT2D eigenvalue weighted by molar-refractivity contribution is 6.30. The molecule has 0 saturated carbocycles. The van der Waals surface area contributed by atoms with Crippen molar-refractivity contribution in [2.45, 2.75) is 0 Å². The fourth-order valence-electron chi connectivity index (χ4n) is 2.41. The highest BCUT2D eigenvalue weighted by Crippen LogP contribution is 2.17. The Morgan fingerprint density at radius 1 is 0.862 bits per heavy atom. The molecule has 0 unspecified atom stereocenters. The van der Waals surface area contributed by atoms with Crippen LogP contribution in [0.2, 0.25) is 5.02 Å². The summed E-state index contributed by atoms with van der Waals surface area (Å²) in [6, 6.07) is 18.3. The first kappa shape index (κ1) is 20.0. The van der Waals surface area contributed by atoms with Gasteiger partial charge in [0.15, 0.2) is 5.78 Å². The summed E-state index contributed by atoms with van der Waals surface area (Å²) in [6.45, 7) is 0. The maximum absolute atomic E-state index is 12.3. The number of benzene rings is 3. The molecular weight excluding hydrogens is 394 g/mol. The monoisotopic (exact) mass is 407 g/mol. The lowest BCUT2D eigenvalue weighted by Crippen LogP contribution is -2.08. The van der Waals surface area contributed by atoms with Crippen LogP contribution >= 0.6 is 11.6 Å². The van der Waals surface area contributed by atoms with E-state index in [1.165, 1.54) is 42.5 Å². The van der Waals surface area contributed by atoms with E-state index in [0.29, 0.717) is 10.6 Å². The molecule has 0 bridgehead atoms. The second kappa shape index (κ2) is 8.95. The molecule has 144 valence electrons. The van der Waals surface area contributed by atoms with Gasteiger partial charge in [-0.25, -0.2) is 4.79 Å². The van der Waals surface area contributed by atoms with Gasteiger partial charge in [0.1, 0.15) is 5.75 Å². The van der Waals surface area contributed by atoms with Crippen LogP contribution in [0.25, 0.3) is 6.08 Å². The lowest BCUT2D eigenvalue weighted by atomic mass is 10.1. The normalized spacial score (nSPS) is 10.7. The van der Waals surface area contributed by atoms with Gasteiger partial charge in [0, 0.05) is 22.7 Å². The van der Waals surface area contributed by atoms with Gasteiger partial charge in [-0.05, 0) is 60.2 Å². The van der Waals surface area contributed by atoms with Crippen LogP contribution in [0.4, 0.5) is 5.69 Å². The summed E-state index contributed by atoms with van der Waals surface area (Å²) in [5, 5.41) is 11.3. The summed E-state index contributed by atoms with van der Waals surface area (Å²) in [6.07, 6.45) is 3.13. The van der Waals surface area contributed by atoms with E-state index in [9.17, 15) is 19.7 Å². The third-order valence-corrected chi connectivity index (χ3v) is 4.21. The average molecular weight is 408 g/mol. The molecule has 0 atom stereocenters. The summed E-state index contributed by atoms with van der Waals surface area (Å²) in [5.41, 5.74) is 1.35. The number of ether oxygens (including phenoxy) is 1. The number of nitrogens with zero attached hydrogens (tertiary/aromatic N) is 1. The molecule has 3 rings (SSSR count). The van der Waals surface area contributed by atoms with Gasteiger partial charge in [0.2, 0.25) is 0 Å². The van der Waals surface area contributed by atoms with Crippen molar-refractivity contribution < 1.29 is 19.2 Å². The fourth-order valence-corrected chi connectivity index (χ4v) is 2.54. The van der Waals surface area contributed by atoms with Gasteiger partial charge < -0.3 is 4.74 Å². The van der Waals surface area contributed by atoms with Crippen molar-refractivity contribution in [2.75, 3.05) is 0 Å². The average Bonchev–Trinajstić information content (AvgIpc) is 2.73. The highest BCUT2D eigenvalue weighted by atomic mass is 35.5. The van der Waals surface area contributed by atoms with Crippen LogP contribution in [0.3, 0.4) is 0 Å². The summed E-state index contributed by atoms with van der Waals surface area (Å²) >= 11 is 5.83. The Morgan fingerprint density at radius 3 is 2.03 bits per heavy atom. The lowest BCUT2D eigenvalue weighted by Gasteiger charge is -2.05. The van der Waals surface area contributed by atoms with Gasteiger partial charge >= 0.3 is 5.97 Å². The molecule has 0 amide bonds. The van der Waals surface area contributed by atoms with E-state index in [4.69, 9.17) is 16.3 Å². The number of allylic oxidation sites excluding steroid dienone is 1. The molecule has 6 nitrogen and oxygen atoms in total. The number of hydrogen-bond donors (Lipinski definition) is 0. The van der Waals surface area contributed by atoms with Crippen LogP contribution in [0.5, 0.6) is 5.75 Å². The maximum atomic E-state index is 12.3. The summed E-state index contributed by atoms with van der Waals surface area (Å²) in [7, 11) is 0. The van der Waals surface area contributed by atoms with E-state index in [-0.39, 0.29) is 22.8 Å². The number of carbonyl (C=O) groups excluding carboxylic acids is 2. The van der Waals surface area contributed by atoms with Crippen molar-refractivity contribution in [1.29, 1.82) is 0 Å². The third kappa shape index (κ3) is 5.37. The molecule has 3 aromatic carbocycles. The van der Waals surface area contributed by atoms with Crippen molar-refractivity contribution in [2.24, 2.45) is 0 Å². The number of nitro groups is 1. The molecule has 0 fully saturated rings. The standard InChI is InChI=1S/C22H14ClNO5/c23-18-8-1-15(2-9-18)3-14-21(25)16-6-12-20(13-7-16)29-22(26)17-4-10-19(11-5-17)24(27)28/h1-14H. The van der Waals surface area contributed by atoms with Crippen LogP contribution in [0.15, 0.2) is 78.9 Å².